The van der Waals surface area contributed by atoms with Crippen LogP contribution in [0.1, 0.15) is 38.2 Å². The quantitative estimate of drug-likeness (QED) is 0.741. The Morgan fingerprint density at radius 1 is 1.33 bits per heavy atom. The first-order chi connectivity index (χ1) is 8.76. The van der Waals surface area contributed by atoms with Crippen LogP contribution in [0, 0.1) is 0 Å². The number of hydrogen-bond donors (Lipinski definition) is 2. The monoisotopic (exact) mass is 248 g/mol. The van der Waals surface area contributed by atoms with Gasteiger partial charge in [-0.15, -0.1) is 0 Å². The zero-order chi connectivity index (χ0) is 13.2. The van der Waals surface area contributed by atoms with Gasteiger partial charge in [0.05, 0.1) is 0 Å². The summed E-state index contributed by atoms with van der Waals surface area (Å²) in [6.07, 6.45) is 4.55. The Hall–Kier alpha value is -1.35. The van der Waals surface area contributed by atoms with Crippen LogP contribution < -0.4 is 11.1 Å². The summed E-state index contributed by atoms with van der Waals surface area (Å²) >= 11 is 0. The predicted molar refractivity (Wildman–Crippen MR) is 75.3 cm³/mol. The Morgan fingerprint density at radius 2 is 2.06 bits per heavy atom. The second-order valence-electron chi connectivity index (χ2n) is 4.63. The zero-order valence-corrected chi connectivity index (χ0v) is 11.2. The molecule has 100 valence electrons. The summed E-state index contributed by atoms with van der Waals surface area (Å²) < 4.78 is 0. The van der Waals surface area contributed by atoms with E-state index in [1.54, 1.807) is 0 Å². The van der Waals surface area contributed by atoms with Gasteiger partial charge in [0.1, 0.15) is 0 Å². The summed E-state index contributed by atoms with van der Waals surface area (Å²) in [5.41, 5.74) is 6.85. The fourth-order valence-electron chi connectivity index (χ4n) is 1.90. The molecule has 0 spiro atoms. The summed E-state index contributed by atoms with van der Waals surface area (Å²) in [4.78, 5) is 11.8. The van der Waals surface area contributed by atoms with Crippen LogP contribution in [0.15, 0.2) is 30.3 Å². The lowest BCUT2D eigenvalue weighted by atomic mass is 10.1. The van der Waals surface area contributed by atoms with E-state index in [9.17, 15) is 4.79 Å². The van der Waals surface area contributed by atoms with E-state index in [2.05, 4.69) is 12.2 Å². The van der Waals surface area contributed by atoms with E-state index in [1.807, 2.05) is 30.3 Å². The molecule has 1 aromatic rings. The second-order valence-corrected chi connectivity index (χ2v) is 4.63. The van der Waals surface area contributed by atoms with Crippen molar-refractivity contribution in [1.29, 1.82) is 0 Å². The molecule has 0 heterocycles. The van der Waals surface area contributed by atoms with Gasteiger partial charge in [-0.2, -0.15) is 0 Å². The molecular weight excluding hydrogens is 224 g/mol. The van der Waals surface area contributed by atoms with Gasteiger partial charge < -0.3 is 11.1 Å². The Labute approximate surface area is 110 Å². The molecule has 0 aliphatic rings. The molecule has 18 heavy (non-hydrogen) atoms. The van der Waals surface area contributed by atoms with Crippen LogP contribution in [0.3, 0.4) is 0 Å². The number of hydrogen-bond acceptors (Lipinski definition) is 2. The SMILES string of the molecule is CCCCC(CN)NC(=O)CCc1ccccc1. The molecule has 0 bridgehead atoms. The normalized spacial score (nSPS) is 12.1. The van der Waals surface area contributed by atoms with Crippen LogP contribution in [0.5, 0.6) is 0 Å². The standard InChI is InChI=1S/C15H24N2O/c1-2-3-9-14(12-16)17-15(18)11-10-13-7-5-4-6-8-13/h4-8,14H,2-3,9-12,16H2,1H3,(H,17,18). The molecule has 0 aliphatic heterocycles. The average molecular weight is 248 g/mol. The van der Waals surface area contributed by atoms with Crippen molar-refractivity contribution in [3.8, 4) is 0 Å². The summed E-state index contributed by atoms with van der Waals surface area (Å²) in [5.74, 6) is 0.102. The van der Waals surface area contributed by atoms with Gasteiger partial charge in [-0.05, 0) is 18.4 Å². The lowest BCUT2D eigenvalue weighted by Gasteiger charge is -2.16. The largest absolute Gasteiger partial charge is 0.352 e. The van der Waals surface area contributed by atoms with Gasteiger partial charge in [-0.3, -0.25) is 4.79 Å². The topological polar surface area (TPSA) is 55.1 Å². The molecule has 0 radical (unpaired) electrons. The van der Waals surface area contributed by atoms with Crippen molar-refractivity contribution in [1.82, 2.24) is 5.32 Å². The van der Waals surface area contributed by atoms with Crippen LogP contribution in [0.25, 0.3) is 0 Å². The molecule has 0 fully saturated rings. The fourth-order valence-corrected chi connectivity index (χ4v) is 1.90. The van der Waals surface area contributed by atoms with E-state index in [0.717, 1.165) is 25.7 Å². The molecule has 3 N–H and O–H groups in total. The third kappa shape index (κ3) is 5.82. The first kappa shape index (κ1) is 14.7. The zero-order valence-electron chi connectivity index (χ0n) is 11.2. The summed E-state index contributed by atoms with van der Waals surface area (Å²) in [7, 11) is 0. The number of benzene rings is 1. The third-order valence-electron chi connectivity index (χ3n) is 3.04. The molecule has 0 aliphatic carbocycles. The Balaban J connectivity index is 2.28. The highest BCUT2D eigenvalue weighted by Crippen LogP contribution is 2.04. The lowest BCUT2D eigenvalue weighted by molar-refractivity contribution is -0.121. The van der Waals surface area contributed by atoms with Crippen molar-refractivity contribution in [2.45, 2.75) is 45.1 Å². The third-order valence-corrected chi connectivity index (χ3v) is 3.04. The van der Waals surface area contributed by atoms with E-state index in [1.165, 1.54) is 5.56 Å². The Kier molecular flexibility index (Phi) is 7.11. The molecule has 1 rings (SSSR count). The number of carbonyl (C=O) groups is 1. The molecule has 0 aromatic heterocycles. The number of rotatable bonds is 8. The van der Waals surface area contributed by atoms with Crippen LogP contribution in [-0.4, -0.2) is 18.5 Å². The molecule has 0 saturated carbocycles. The first-order valence-electron chi connectivity index (χ1n) is 6.79. The van der Waals surface area contributed by atoms with Crippen LogP contribution in [0.4, 0.5) is 0 Å². The molecule has 1 atom stereocenters. The number of carbonyl (C=O) groups excluding carboxylic acids is 1. The van der Waals surface area contributed by atoms with E-state index in [-0.39, 0.29) is 11.9 Å². The minimum Gasteiger partial charge on any atom is -0.352 e. The molecule has 1 aromatic carbocycles. The van der Waals surface area contributed by atoms with E-state index < -0.39 is 0 Å². The van der Waals surface area contributed by atoms with E-state index >= 15 is 0 Å². The van der Waals surface area contributed by atoms with Crippen molar-refractivity contribution in [2.75, 3.05) is 6.54 Å². The summed E-state index contributed by atoms with van der Waals surface area (Å²) in [5, 5.41) is 3.01. The Bertz CT molecular complexity index is 338. The Morgan fingerprint density at radius 3 is 2.67 bits per heavy atom. The van der Waals surface area contributed by atoms with Crippen molar-refractivity contribution in [3.05, 3.63) is 35.9 Å². The minimum absolute atomic E-state index is 0.102. The van der Waals surface area contributed by atoms with Crippen molar-refractivity contribution < 1.29 is 4.79 Å². The van der Waals surface area contributed by atoms with Crippen LogP contribution in [0.2, 0.25) is 0 Å². The fraction of sp³-hybridized carbons (Fsp3) is 0.533. The van der Waals surface area contributed by atoms with Gasteiger partial charge in [-0.1, -0.05) is 50.1 Å². The molecule has 1 amide bonds. The smallest absolute Gasteiger partial charge is 0.220 e. The number of nitrogens with two attached hydrogens (primary N) is 1. The maximum Gasteiger partial charge on any atom is 0.220 e. The highest BCUT2D eigenvalue weighted by Gasteiger charge is 2.09. The average Bonchev–Trinajstić information content (AvgIpc) is 2.42. The van der Waals surface area contributed by atoms with E-state index in [4.69, 9.17) is 5.73 Å². The summed E-state index contributed by atoms with van der Waals surface area (Å²) in [6, 6.07) is 10.2. The van der Waals surface area contributed by atoms with Crippen molar-refractivity contribution in [2.24, 2.45) is 5.73 Å². The molecule has 1 unspecified atom stereocenters. The number of nitrogens with one attached hydrogen (secondary N) is 1. The van der Waals surface area contributed by atoms with E-state index in [0.29, 0.717) is 13.0 Å². The lowest BCUT2D eigenvalue weighted by Crippen LogP contribution is -2.40. The minimum atomic E-state index is 0.102. The van der Waals surface area contributed by atoms with Gasteiger partial charge in [-0.25, -0.2) is 0 Å². The molecule has 3 heteroatoms. The highest BCUT2D eigenvalue weighted by molar-refractivity contribution is 5.76. The number of aryl methyl sites for hydroxylation is 1. The van der Waals surface area contributed by atoms with Gasteiger partial charge in [0.25, 0.3) is 0 Å². The van der Waals surface area contributed by atoms with Crippen molar-refractivity contribution >= 4 is 5.91 Å². The van der Waals surface area contributed by atoms with Gasteiger partial charge in [0.15, 0.2) is 0 Å². The first-order valence-corrected chi connectivity index (χ1v) is 6.79. The maximum absolute atomic E-state index is 11.8. The number of amides is 1. The number of unbranched alkanes of at least 4 members (excludes halogenated alkanes) is 1. The van der Waals surface area contributed by atoms with Gasteiger partial charge >= 0.3 is 0 Å². The van der Waals surface area contributed by atoms with Crippen LogP contribution in [-0.2, 0) is 11.2 Å². The predicted octanol–water partition coefficient (Wildman–Crippen LogP) is 2.25. The second kappa shape index (κ2) is 8.70. The molecule has 3 nitrogen and oxygen atoms in total. The molecule has 0 saturated heterocycles. The van der Waals surface area contributed by atoms with Crippen LogP contribution >= 0.6 is 0 Å². The van der Waals surface area contributed by atoms with Gasteiger partial charge in [0, 0.05) is 19.0 Å². The maximum atomic E-state index is 11.8. The highest BCUT2D eigenvalue weighted by atomic mass is 16.1. The molecular formula is C15H24N2O. The van der Waals surface area contributed by atoms with Crippen molar-refractivity contribution in [3.63, 3.8) is 0 Å². The summed E-state index contributed by atoms with van der Waals surface area (Å²) in [6.45, 7) is 2.67. The van der Waals surface area contributed by atoms with Gasteiger partial charge in [0.2, 0.25) is 5.91 Å².